The van der Waals surface area contributed by atoms with Crippen molar-refractivity contribution in [1.82, 2.24) is 4.90 Å². The molecule has 1 aliphatic rings. The monoisotopic (exact) mass is 516 g/mol. The Bertz CT molecular complexity index is 1410. The predicted octanol–water partition coefficient (Wildman–Crippen LogP) is 3.95. The van der Waals surface area contributed by atoms with Crippen molar-refractivity contribution in [1.29, 1.82) is 0 Å². The minimum Gasteiger partial charge on any atom is -0.378 e. The highest BCUT2D eigenvalue weighted by atomic mass is 32.2. The third kappa shape index (κ3) is 6.32. The van der Waals surface area contributed by atoms with E-state index in [1.807, 2.05) is 0 Å². The van der Waals surface area contributed by atoms with E-state index in [1.165, 1.54) is 12.1 Å². The molecule has 0 unspecified atom stereocenters. The number of nitrogens with one attached hydrogen (secondary N) is 1. The quantitative estimate of drug-likeness (QED) is 0.279. The lowest BCUT2D eigenvalue weighted by atomic mass is 10.1. The first kappa shape index (κ1) is 25.9. The van der Waals surface area contributed by atoms with Crippen molar-refractivity contribution < 1.29 is 17.9 Å². The molecule has 3 N–H and O–H groups in total. The smallest absolute Gasteiger partial charge is 0.254 e. The topological polar surface area (TPSA) is 114 Å². The van der Waals surface area contributed by atoms with E-state index >= 15 is 0 Å². The lowest BCUT2D eigenvalue weighted by Crippen LogP contribution is -2.40. The van der Waals surface area contributed by atoms with E-state index in [9.17, 15) is 13.2 Å². The van der Waals surface area contributed by atoms with Gasteiger partial charge < -0.3 is 20.7 Å². The molecule has 0 saturated carbocycles. The van der Waals surface area contributed by atoms with Gasteiger partial charge in [-0.3, -0.25) is 4.79 Å². The molecule has 0 aliphatic carbocycles. The highest BCUT2D eigenvalue weighted by molar-refractivity contribution is 7.91. The normalized spacial score (nSPS) is 14.8. The van der Waals surface area contributed by atoms with Crippen LogP contribution in [0.4, 0.5) is 5.69 Å². The van der Waals surface area contributed by atoms with Gasteiger partial charge in [-0.1, -0.05) is 43.0 Å². The van der Waals surface area contributed by atoms with Gasteiger partial charge in [0.15, 0.2) is 5.96 Å². The standard InChI is InChI=1S/C28H28N4O4S/c1-2-6-26(21-11-15-25(16-12-21)37(34,35)24-7-4-3-5-8-24)31-28(29)30-23-13-9-22(10-14-23)27(33)32-17-19-36-20-18-32/h2-16H,1,17-20H2,(H3,29,30,31)/b26-6-. The summed E-state index contributed by atoms with van der Waals surface area (Å²) in [5.41, 5.74) is 8.57. The van der Waals surface area contributed by atoms with Crippen LogP contribution in [-0.2, 0) is 14.6 Å². The first-order chi connectivity index (χ1) is 17.9. The molecule has 37 heavy (non-hydrogen) atoms. The molecule has 0 spiro atoms. The summed E-state index contributed by atoms with van der Waals surface area (Å²) in [6.07, 6.45) is 3.26. The van der Waals surface area contributed by atoms with E-state index in [2.05, 4.69) is 16.9 Å². The van der Waals surface area contributed by atoms with Gasteiger partial charge in [-0.15, -0.1) is 0 Å². The van der Waals surface area contributed by atoms with Gasteiger partial charge in [0.2, 0.25) is 9.84 Å². The molecule has 1 fully saturated rings. The fraction of sp³-hybridized carbons (Fsp3) is 0.143. The molecular weight excluding hydrogens is 488 g/mol. The van der Waals surface area contributed by atoms with Crippen molar-refractivity contribution in [2.45, 2.75) is 9.79 Å². The van der Waals surface area contributed by atoms with E-state index in [0.29, 0.717) is 48.8 Å². The number of hydrogen-bond acceptors (Lipinski definition) is 5. The molecule has 0 bridgehead atoms. The number of hydrogen-bond donors (Lipinski definition) is 2. The van der Waals surface area contributed by atoms with Gasteiger partial charge in [-0.25, -0.2) is 13.4 Å². The van der Waals surface area contributed by atoms with Gasteiger partial charge in [-0.2, -0.15) is 0 Å². The number of sulfone groups is 1. The van der Waals surface area contributed by atoms with Crippen LogP contribution >= 0.6 is 0 Å². The highest BCUT2D eigenvalue weighted by Crippen LogP contribution is 2.24. The second kappa shape index (κ2) is 11.7. The molecule has 1 amide bonds. The van der Waals surface area contributed by atoms with Crippen LogP contribution in [0.5, 0.6) is 0 Å². The molecular formula is C28H28N4O4S. The minimum absolute atomic E-state index is 0.0367. The number of guanidine groups is 1. The van der Waals surface area contributed by atoms with E-state index in [0.717, 1.165) is 0 Å². The summed E-state index contributed by atoms with van der Waals surface area (Å²) < 4.78 is 31.0. The second-order valence-corrected chi connectivity index (χ2v) is 10.2. The Kier molecular flexibility index (Phi) is 8.17. The first-order valence-electron chi connectivity index (χ1n) is 11.7. The maximum Gasteiger partial charge on any atom is 0.254 e. The van der Waals surface area contributed by atoms with Crippen molar-refractivity contribution in [2.24, 2.45) is 10.7 Å². The summed E-state index contributed by atoms with van der Waals surface area (Å²) in [4.78, 5) is 19.2. The van der Waals surface area contributed by atoms with Crippen LogP contribution in [0.2, 0.25) is 0 Å². The van der Waals surface area contributed by atoms with E-state index in [4.69, 9.17) is 10.5 Å². The Morgan fingerprint density at radius 2 is 1.51 bits per heavy atom. The Balaban J connectivity index is 1.47. The van der Waals surface area contributed by atoms with Crippen LogP contribution in [-0.4, -0.2) is 51.5 Å². The summed E-state index contributed by atoms with van der Waals surface area (Å²) in [5, 5.41) is 3.02. The lowest BCUT2D eigenvalue weighted by molar-refractivity contribution is 0.0303. The molecule has 3 aromatic carbocycles. The first-order valence-corrected chi connectivity index (χ1v) is 13.2. The summed E-state index contributed by atoms with van der Waals surface area (Å²) in [6.45, 7) is 5.98. The largest absolute Gasteiger partial charge is 0.378 e. The summed E-state index contributed by atoms with van der Waals surface area (Å²) >= 11 is 0. The zero-order valence-electron chi connectivity index (χ0n) is 20.2. The number of amides is 1. The molecule has 0 aromatic heterocycles. The molecule has 0 radical (unpaired) electrons. The number of carbonyl (C=O) groups excluding carboxylic acids is 1. The van der Waals surface area contributed by atoms with E-state index < -0.39 is 9.84 Å². The number of ether oxygens (including phenoxy) is 1. The Hall–Kier alpha value is -4.21. The van der Waals surface area contributed by atoms with Gasteiger partial charge in [-0.05, 0) is 54.6 Å². The number of anilines is 1. The molecule has 3 aromatic rings. The zero-order valence-corrected chi connectivity index (χ0v) is 21.0. The number of nitrogens with two attached hydrogens (primary N) is 1. The van der Waals surface area contributed by atoms with Crippen LogP contribution in [0.15, 0.2) is 112 Å². The van der Waals surface area contributed by atoms with Gasteiger partial charge in [0.1, 0.15) is 0 Å². The van der Waals surface area contributed by atoms with Crippen LogP contribution < -0.4 is 11.1 Å². The molecule has 190 valence electrons. The van der Waals surface area contributed by atoms with Crippen molar-refractivity contribution >= 4 is 33.1 Å². The molecule has 1 saturated heterocycles. The number of benzene rings is 3. The Labute approximate surface area is 216 Å². The number of morpholine rings is 1. The number of carbonyl (C=O) groups is 1. The molecule has 4 rings (SSSR count). The number of nitrogens with zero attached hydrogens (tertiary/aromatic N) is 2. The molecule has 0 atom stereocenters. The maximum absolute atomic E-state index is 12.9. The summed E-state index contributed by atoms with van der Waals surface area (Å²) in [6, 6.07) is 21.7. The molecule has 9 heteroatoms. The van der Waals surface area contributed by atoms with Crippen molar-refractivity contribution in [3.05, 3.63) is 109 Å². The number of allylic oxidation sites excluding steroid dienone is 2. The summed E-state index contributed by atoms with van der Waals surface area (Å²) in [5.74, 6) is 0.0896. The van der Waals surface area contributed by atoms with Crippen LogP contribution in [0, 0.1) is 0 Å². The fourth-order valence-corrected chi connectivity index (χ4v) is 5.08. The third-order valence-corrected chi connectivity index (χ3v) is 7.52. The van der Waals surface area contributed by atoms with Gasteiger partial charge in [0.25, 0.3) is 5.91 Å². The fourth-order valence-electron chi connectivity index (χ4n) is 3.80. The van der Waals surface area contributed by atoms with Crippen LogP contribution in [0.3, 0.4) is 0 Å². The van der Waals surface area contributed by atoms with Crippen molar-refractivity contribution in [3.63, 3.8) is 0 Å². The van der Waals surface area contributed by atoms with Crippen LogP contribution in [0.1, 0.15) is 15.9 Å². The van der Waals surface area contributed by atoms with Crippen molar-refractivity contribution in [3.8, 4) is 0 Å². The third-order valence-electron chi connectivity index (χ3n) is 5.73. The molecule has 8 nitrogen and oxygen atoms in total. The van der Waals surface area contributed by atoms with E-state index in [-0.39, 0.29) is 21.7 Å². The number of aliphatic imine (C=N–C) groups is 1. The molecule has 1 heterocycles. The predicted molar refractivity (Wildman–Crippen MR) is 145 cm³/mol. The lowest BCUT2D eigenvalue weighted by Gasteiger charge is -2.26. The highest BCUT2D eigenvalue weighted by Gasteiger charge is 2.19. The Morgan fingerprint density at radius 3 is 2.14 bits per heavy atom. The number of rotatable bonds is 7. The minimum atomic E-state index is -3.62. The SMILES string of the molecule is C=C/C=C(\N=C(/N)Nc1ccc(C(=O)N2CCOCC2)cc1)c1ccc(S(=O)(=O)c2ccccc2)cc1. The van der Waals surface area contributed by atoms with Crippen LogP contribution in [0.25, 0.3) is 5.70 Å². The maximum atomic E-state index is 12.9. The van der Waals surface area contributed by atoms with Crippen molar-refractivity contribution in [2.75, 3.05) is 31.6 Å². The van der Waals surface area contributed by atoms with Gasteiger partial charge >= 0.3 is 0 Å². The summed E-state index contributed by atoms with van der Waals surface area (Å²) in [7, 11) is -3.62. The van der Waals surface area contributed by atoms with E-state index in [1.54, 1.807) is 83.8 Å². The van der Waals surface area contributed by atoms with Gasteiger partial charge in [0, 0.05) is 29.9 Å². The average molecular weight is 517 g/mol. The zero-order chi connectivity index (χ0) is 26.3. The molecule has 1 aliphatic heterocycles. The Morgan fingerprint density at radius 1 is 0.919 bits per heavy atom. The second-order valence-electron chi connectivity index (χ2n) is 8.23. The average Bonchev–Trinajstić information content (AvgIpc) is 2.94. The van der Waals surface area contributed by atoms with Gasteiger partial charge in [0.05, 0.1) is 28.7 Å².